The summed E-state index contributed by atoms with van der Waals surface area (Å²) in [5, 5.41) is 0. The molecule has 0 N–H and O–H groups in total. The summed E-state index contributed by atoms with van der Waals surface area (Å²) in [4.78, 5) is 23.9. The predicted octanol–water partition coefficient (Wildman–Crippen LogP) is 2.56. The van der Waals surface area contributed by atoms with Gasteiger partial charge in [0.25, 0.3) is 0 Å². The maximum atomic E-state index is 12.2. The van der Waals surface area contributed by atoms with E-state index in [0.29, 0.717) is 0 Å². The van der Waals surface area contributed by atoms with Gasteiger partial charge in [-0.3, -0.25) is 4.58 Å². The molecule has 0 saturated carbocycles. The minimum absolute atomic E-state index is 0.0436. The van der Waals surface area contributed by atoms with Crippen molar-refractivity contribution < 1.29 is 23.6 Å². The van der Waals surface area contributed by atoms with E-state index < -0.39 is 11.9 Å². The van der Waals surface area contributed by atoms with Gasteiger partial charge in [-0.15, -0.1) is 12.1 Å². The van der Waals surface area contributed by atoms with E-state index in [2.05, 4.69) is 4.74 Å². The molecule has 2 aromatic carbocycles. The molecular formula is C20H19NO4. The maximum Gasteiger partial charge on any atom is 0.368 e. The molecule has 0 bridgehead atoms. The number of ether oxygens (including phenoxy) is 2. The Labute approximate surface area is 146 Å². The van der Waals surface area contributed by atoms with Crippen LogP contribution in [-0.2, 0) is 19.1 Å². The van der Waals surface area contributed by atoms with Crippen LogP contribution in [0.3, 0.4) is 0 Å². The molecule has 25 heavy (non-hydrogen) atoms. The van der Waals surface area contributed by atoms with E-state index in [-0.39, 0.29) is 5.70 Å². The molecule has 0 atom stereocenters. The van der Waals surface area contributed by atoms with E-state index in [4.69, 9.17) is 4.74 Å². The summed E-state index contributed by atoms with van der Waals surface area (Å²) in [6, 6.07) is 18.9. The summed E-state index contributed by atoms with van der Waals surface area (Å²) >= 11 is 0. The Kier molecular flexibility index (Phi) is 6.54. The lowest BCUT2D eigenvalue weighted by Gasteiger charge is -2.11. The van der Waals surface area contributed by atoms with Crippen LogP contribution in [-0.4, -0.2) is 36.9 Å². The fourth-order valence-corrected chi connectivity index (χ4v) is 2.09. The molecular weight excluding hydrogens is 318 g/mol. The molecule has 0 saturated heterocycles. The first kappa shape index (κ1) is 18.0. The predicted molar refractivity (Wildman–Crippen MR) is 93.8 cm³/mol. The van der Waals surface area contributed by atoms with Gasteiger partial charge in [0.2, 0.25) is 5.70 Å². The second-order valence-electron chi connectivity index (χ2n) is 5.03. The highest BCUT2D eigenvalue weighted by molar-refractivity contribution is 5.95. The van der Waals surface area contributed by atoms with Gasteiger partial charge in [-0.2, -0.15) is 0 Å². The van der Waals surface area contributed by atoms with Crippen LogP contribution in [0.15, 0.2) is 72.4 Å². The van der Waals surface area contributed by atoms with E-state index in [1.54, 1.807) is 17.3 Å². The summed E-state index contributed by atoms with van der Waals surface area (Å²) in [7, 11) is 2.51. The lowest BCUT2D eigenvalue weighted by Crippen LogP contribution is -2.21. The molecule has 0 amide bonds. The van der Waals surface area contributed by atoms with Crippen molar-refractivity contribution in [1.82, 2.24) is 0 Å². The molecule has 0 aliphatic rings. The zero-order chi connectivity index (χ0) is 18.1. The van der Waals surface area contributed by atoms with Crippen LogP contribution in [0, 0.1) is 6.54 Å². The molecule has 5 nitrogen and oxygen atoms in total. The van der Waals surface area contributed by atoms with Gasteiger partial charge in [-0.25, -0.2) is 9.59 Å². The van der Waals surface area contributed by atoms with Crippen molar-refractivity contribution in [2.24, 2.45) is 0 Å². The number of hydrogen-bond donors (Lipinski definition) is 0. The van der Waals surface area contributed by atoms with Crippen molar-refractivity contribution in [3.05, 3.63) is 90.1 Å². The molecule has 0 fully saturated rings. The van der Waals surface area contributed by atoms with Gasteiger partial charge in [-0.05, 0) is 0 Å². The van der Waals surface area contributed by atoms with Crippen LogP contribution in [0.2, 0.25) is 0 Å². The molecule has 0 aliphatic heterocycles. The molecule has 0 aliphatic carbocycles. The number of carbonyl (C=O) groups is 2. The van der Waals surface area contributed by atoms with Crippen LogP contribution >= 0.6 is 0 Å². The molecule has 128 valence electrons. The molecule has 0 radical (unpaired) electrons. The summed E-state index contributed by atoms with van der Waals surface area (Å²) in [6.07, 6.45) is 2.84. The summed E-state index contributed by atoms with van der Waals surface area (Å²) in [5.41, 5.74) is 1.76. The monoisotopic (exact) mass is 337 g/mol. The zero-order valence-corrected chi connectivity index (χ0v) is 14.1. The number of esters is 2. The number of methoxy groups -OCH3 is 2. The summed E-state index contributed by atoms with van der Waals surface area (Å²) in [5.74, 6) is -1.29. The fraction of sp³-hybridized carbons (Fsp3) is 0.100. The molecule has 0 heterocycles. The van der Waals surface area contributed by atoms with Crippen LogP contribution in [0.4, 0.5) is 0 Å². The van der Waals surface area contributed by atoms with Crippen molar-refractivity contribution in [2.45, 2.75) is 0 Å². The van der Waals surface area contributed by atoms with E-state index >= 15 is 0 Å². The summed E-state index contributed by atoms with van der Waals surface area (Å²) in [6.45, 7) is 1.73. The Hall–Kier alpha value is -3.34. The maximum absolute atomic E-state index is 12.2. The van der Waals surface area contributed by atoms with E-state index in [9.17, 15) is 9.59 Å². The first-order valence-electron chi connectivity index (χ1n) is 7.60. The van der Waals surface area contributed by atoms with Gasteiger partial charge in [0.1, 0.15) is 12.8 Å². The molecule has 5 heteroatoms. The second-order valence-corrected chi connectivity index (χ2v) is 5.03. The number of nitrogens with zero attached hydrogens (tertiary/aromatic N) is 1. The Bertz CT molecular complexity index is 780. The molecule has 0 unspecified atom stereocenters. The number of benzene rings is 2. The zero-order valence-electron chi connectivity index (χ0n) is 14.1. The van der Waals surface area contributed by atoms with Gasteiger partial charge in [0.15, 0.2) is 0 Å². The van der Waals surface area contributed by atoms with Crippen LogP contribution in [0.5, 0.6) is 0 Å². The topological polar surface area (TPSA) is 55.6 Å². The standard InChI is InChI=1S/C20H19NO4/c1-24-19(22)13-18(20(23)25-2)21(14-16-9-5-3-6-10-16)15-17-11-7-4-8-12-17/h3-15H,1-2H3/b18-13+. The smallest absolute Gasteiger partial charge is 0.368 e. The van der Waals surface area contributed by atoms with Crippen molar-refractivity contribution >= 4 is 18.2 Å². The average molecular weight is 337 g/mol. The minimum atomic E-state index is -0.648. The van der Waals surface area contributed by atoms with Crippen molar-refractivity contribution in [2.75, 3.05) is 14.2 Å². The third-order valence-corrected chi connectivity index (χ3v) is 3.30. The second kappa shape index (κ2) is 9.08. The molecule has 0 spiro atoms. The number of hydrogen-bond acceptors (Lipinski definition) is 4. The molecule has 2 rings (SSSR count). The minimum Gasteiger partial charge on any atom is -0.467 e. The van der Waals surface area contributed by atoms with Crippen LogP contribution in [0.1, 0.15) is 11.1 Å². The largest absolute Gasteiger partial charge is 0.467 e. The van der Waals surface area contributed by atoms with Gasteiger partial charge >= 0.3 is 11.9 Å². The van der Waals surface area contributed by atoms with Crippen molar-refractivity contribution in [3.8, 4) is 0 Å². The van der Waals surface area contributed by atoms with Crippen LogP contribution in [0.25, 0.3) is 0 Å². The highest BCUT2D eigenvalue weighted by atomic mass is 16.5. The van der Waals surface area contributed by atoms with Crippen LogP contribution < -0.4 is 0 Å². The Morgan fingerprint density at radius 3 is 2.08 bits per heavy atom. The summed E-state index contributed by atoms with van der Waals surface area (Å²) < 4.78 is 11.0. The Morgan fingerprint density at radius 1 is 0.920 bits per heavy atom. The highest BCUT2D eigenvalue weighted by Gasteiger charge is 2.21. The number of rotatable bonds is 6. The van der Waals surface area contributed by atoms with Crippen molar-refractivity contribution in [3.63, 3.8) is 0 Å². The quantitative estimate of drug-likeness (QED) is 0.267. The van der Waals surface area contributed by atoms with E-state index in [1.165, 1.54) is 14.2 Å². The van der Waals surface area contributed by atoms with Gasteiger partial charge in [-0.1, -0.05) is 54.1 Å². The fourth-order valence-electron chi connectivity index (χ4n) is 2.09. The first-order valence-corrected chi connectivity index (χ1v) is 7.60. The third kappa shape index (κ3) is 5.35. The Balaban J connectivity index is 2.51. The normalized spacial score (nSPS) is 11.6. The van der Waals surface area contributed by atoms with Gasteiger partial charge < -0.3 is 9.47 Å². The third-order valence-electron chi connectivity index (χ3n) is 3.30. The lowest BCUT2D eigenvalue weighted by molar-refractivity contribution is -0.418. The van der Waals surface area contributed by atoms with Gasteiger partial charge in [0.05, 0.1) is 20.3 Å². The number of carbonyl (C=O) groups excluding carboxylic acids is 2. The van der Waals surface area contributed by atoms with Gasteiger partial charge in [0, 0.05) is 5.56 Å². The lowest BCUT2D eigenvalue weighted by atomic mass is 10.2. The van der Waals surface area contributed by atoms with Crippen molar-refractivity contribution in [1.29, 1.82) is 0 Å². The first-order chi connectivity index (χ1) is 12.1. The SMILES string of the molecule is COC(=O)/C=C(\C(=O)OC)[N+](=Cc1ccccc1)[CH-]c1ccccc1. The highest BCUT2D eigenvalue weighted by Crippen LogP contribution is 2.11. The molecule has 2 aromatic rings. The van der Waals surface area contributed by atoms with E-state index in [0.717, 1.165) is 17.2 Å². The van der Waals surface area contributed by atoms with E-state index in [1.807, 2.05) is 60.7 Å². The molecule has 0 aromatic heterocycles. The average Bonchev–Trinajstić information content (AvgIpc) is 2.66. The Morgan fingerprint density at radius 2 is 1.52 bits per heavy atom.